The van der Waals surface area contributed by atoms with Gasteiger partial charge >= 0.3 is 0 Å². The Kier molecular flexibility index (Phi) is 4.08. The number of aliphatic hydroxyl groups is 1. The second-order valence-electron chi connectivity index (χ2n) is 3.93. The molecule has 0 saturated carbocycles. The molecule has 0 aliphatic carbocycles. The highest BCUT2D eigenvalue weighted by molar-refractivity contribution is 5.14. The first kappa shape index (κ1) is 11.2. The van der Waals surface area contributed by atoms with Crippen LogP contribution in [0.2, 0.25) is 0 Å². The minimum absolute atomic E-state index is 0.261. The number of aliphatic hydroxyl groups excluding tert-OH is 1. The molecule has 2 atom stereocenters. The topological polar surface area (TPSA) is 33.1 Å². The fraction of sp³-hybridized carbons (Fsp3) is 0.583. The maximum absolute atomic E-state index is 9.36. The van der Waals surface area contributed by atoms with Gasteiger partial charge in [0, 0.05) is 11.9 Å². The van der Waals surface area contributed by atoms with Crippen molar-refractivity contribution in [3.63, 3.8) is 0 Å². The highest BCUT2D eigenvalue weighted by Gasteiger charge is 2.09. The lowest BCUT2D eigenvalue weighted by molar-refractivity contribution is 0.134. The van der Waals surface area contributed by atoms with Crippen LogP contribution >= 0.6 is 0 Å². The third-order valence-electron chi connectivity index (χ3n) is 2.65. The van der Waals surface area contributed by atoms with Gasteiger partial charge < -0.3 is 5.11 Å². The summed E-state index contributed by atoms with van der Waals surface area (Å²) in [5.74, 6) is 0.273. The fourth-order valence-corrected chi connectivity index (χ4v) is 1.29. The molecule has 0 spiro atoms. The Morgan fingerprint density at radius 2 is 2.07 bits per heavy atom. The number of nitrogens with zero attached hydrogens (tertiary/aromatic N) is 1. The first-order valence-electron chi connectivity index (χ1n) is 5.25. The van der Waals surface area contributed by atoms with Gasteiger partial charge in [0.2, 0.25) is 0 Å². The second kappa shape index (κ2) is 5.11. The second-order valence-corrected chi connectivity index (χ2v) is 3.93. The van der Waals surface area contributed by atoms with E-state index >= 15 is 0 Å². The summed E-state index contributed by atoms with van der Waals surface area (Å²) in [6.45, 7) is 5.99. The molecule has 0 aromatic carbocycles. The van der Waals surface area contributed by atoms with Gasteiger partial charge in [-0.2, -0.15) is 0 Å². The van der Waals surface area contributed by atoms with Crippen molar-refractivity contribution < 1.29 is 5.11 Å². The molecule has 1 aromatic rings. The third-order valence-corrected chi connectivity index (χ3v) is 2.65. The number of pyridine rings is 1. The van der Waals surface area contributed by atoms with E-state index in [4.69, 9.17) is 0 Å². The lowest BCUT2D eigenvalue weighted by Gasteiger charge is -2.13. The smallest absolute Gasteiger partial charge is 0.0541 e. The van der Waals surface area contributed by atoms with Crippen molar-refractivity contribution in [2.45, 2.75) is 39.7 Å². The maximum Gasteiger partial charge on any atom is 0.0541 e. The van der Waals surface area contributed by atoms with E-state index in [0.29, 0.717) is 0 Å². The van der Waals surface area contributed by atoms with E-state index in [-0.39, 0.29) is 12.0 Å². The van der Waals surface area contributed by atoms with E-state index in [2.05, 4.69) is 24.0 Å². The minimum atomic E-state index is -0.261. The van der Waals surface area contributed by atoms with Crippen molar-refractivity contribution in [3.8, 4) is 0 Å². The predicted molar refractivity (Wildman–Crippen MR) is 58.2 cm³/mol. The average molecular weight is 193 g/mol. The largest absolute Gasteiger partial charge is 0.393 e. The highest BCUT2D eigenvalue weighted by Crippen LogP contribution is 2.10. The minimum Gasteiger partial charge on any atom is -0.393 e. The summed E-state index contributed by atoms with van der Waals surface area (Å²) in [5, 5.41) is 9.36. The quantitative estimate of drug-likeness (QED) is 0.795. The summed E-state index contributed by atoms with van der Waals surface area (Å²) in [6, 6.07) is 4.16. The predicted octanol–water partition coefficient (Wildman–Crippen LogP) is 2.20. The zero-order chi connectivity index (χ0) is 10.6. The Bertz CT molecular complexity index is 266. The third kappa shape index (κ3) is 3.11. The lowest BCUT2D eigenvalue weighted by Crippen LogP contribution is -2.16. The molecule has 0 radical (unpaired) electrons. The molecule has 1 aromatic heterocycles. The Balaban J connectivity index is 2.59. The van der Waals surface area contributed by atoms with Crippen molar-refractivity contribution in [3.05, 3.63) is 29.6 Å². The van der Waals surface area contributed by atoms with Crippen LogP contribution in [0.1, 0.15) is 32.0 Å². The van der Waals surface area contributed by atoms with Crippen LogP contribution in [-0.4, -0.2) is 16.2 Å². The summed E-state index contributed by atoms with van der Waals surface area (Å²) >= 11 is 0. The van der Waals surface area contributed by atoms with E-state index < -0.39 is 0 Å². The molecular weight excluding hydrogens is 174 g/mol. The Morgan fingerprint density at radius 3 is 2.50 bits per heavy atom. The van der Waals surface area contributed by atoms with E-state index in [1.54, 1.807) is 0 Å². The van der Waals surface area contributed by atoms with Gasteiger partial charge in [-0.15, -0.1) is 0 Å². The van der Waals surface area contributed by atoms with Gasteiger partial charge in [0.05, 0.1) is 6.10 Å². The van der Waals surface area contributed by atoms with Gasteiger partial charge in [0.15, 0.2) is 0 Å². The number of aryl methyl sites for hydroxylation is 1. The monoisotopic (exact) mass is 193 g/mol. The van der Waals surface area contributed by atoms with E-state index in [9.17, 15) is 5.11 Å². The molecule has 14 heavy (non-hydrogen) atoms. The van der Waals surface area contributed by atoms with Gasteiger partial charge in [0.1, 0.15) is 0 Å². The van der Waals surface area contributed by atoms with Crippen molar-refractivity contribution >= 4 is 0 Å². The zero-order valence-corrected chi connectivity index (χ0v) is 9.20. The molecule has 78 valence electrons. The van der Waals surface area contributed by atoms with Gasteiger partial charge in [-0.1, -0.05) is 19.9 Å². The van der Waals surface area contributed by atoms with Gasteiger partial charge in [0.25, 0.3) is 0 Å². The van der Waals surface area contributed by atoms with Crippen LogP contribution in [0.5, 0.6) is 0 Å². The maximum atomic E-state index is 9.36. The van der Waals surface area contributed by atoms with Crippen LogP contribution < -0.4 is 0 Å². The van der Waals surface area contributed by atoms with E-state index in [0.717, 1.165) is 18.5 Å². The zero-order valence-electron chi connectivity index (χ0n) is 9.20. The van der Waals surface area contributed by atoms with Crippen molar-refractivity contribution in [2.75, 3.05) is 0 Å². The van der Waals surface area contributed by atoms with Gasteiger partial charge in [-0.25, -0.2) is 0 Å². The van der Waals surface area contributed by atoms with Crippen LogP contribution in [0.25, 0.3) is 0 Å². The molecule has 0 amide bonds. The number of hydrogen-bond acceptors (Lipinski definition) is 2. The molecule has 0 aliphatic rings. The number of rotatable bonds is 4. The van der Waals surface area contributed by atoms with Crippen LogP contribution in [-0.2, 0) is 12.8 Å². The standard InChI is InChI=1S/C12H19NO/c1-4-11-5-6-12(13-8-11)7-9(2)10(3)14/h5-6,8-10,14H,4,7H2,1-3H3. The summed E-state index contributed by atoms with van der Waals surface area (Å²) in [4.78, 5) is 4.36. The van der Waals surface area contributed by atoms with E-state index in [1.165, 1.54) is 5.56 Å². The number of aromatic nitrogens is 1. The molecule has 1 N–H and O–H groups in total. The fourth-order valence-electron chi connectivity index (χ4n) is 1.29. The normalized spacial score (nSPS) is 15.1. The molecule has 1 rings (SSSR count). The lowest BCUT2D eigenvalue weighted by atomic mass is 10.00. The Labute approximate surface area is 86.0 Å². The van der Waals surface area contributed by atoms with Gasteiger partial charge in [-0.3, -0.25) is 4.98 Å². The molecule has 2 heteroatoms. The highest BCUT2D eigenvalue weighted by atomic mass is 16.3. The van der Waals surface area contributed by atoms with Crippen LogP contribution in [0.4, 0.5) is 0 Å². The summed E-state index contributed by atoms with van der Waals surface area (Å²) in [7, 11) is 0. The molecule has 2 unspecified atom stereocenters. The van der Waals surface area contributed by atoms with Crippen LogP contribution in [0.3, 0.4) is 0 Å². The van der Waals surface area contributed by atoms with Gasteiger partial charge in [-0.05, 0) is 37.3 Å². The van der Waals surface area contributed by atoms with Crippen molar-refractivity contribution in [2.24, 2.45) is 5.92 Å². The molecule has 0 aliphatic heterocycles. The molecule has 2 nitrogen and oxygen atoms in total. The molecular formula is C12H19NO. The number of hydrogen-bond donors (Lipinski definition) is 1. The van der Waals surface area contributed by atoms with Crippen molar-refractivity contribution in [1.29, 1.82) is 0 Å². The SMILES string of the molecule is CCc1ccc(CC(C)C(C)O)nc1. The molecule has 0 bridgehead atoms. The van der Waals surface area contributed by atoms with Crippen LogP contribution in [0, 0.1) is 5.92 Å². The molecule has 0 fully saturated rings. The Morgan fingerprint density at radius 1 is 1.36 bits per heavy atom. The summed E-state index contributed by atoms with van der Waals surface area (Å²) < 4.78 is 0. The van der Waals surface area contributed by atoms with Crippen LogP contribution in [0.15, 0.2) is 18.3 Å². The molecule has 0 saturated heterocycles. The Hall–Kier alpha value is -0.890. The summed E-state index contributed by atoms with van der Waals surface area (Å²) in [5.41, 5.74) is 2.33. The summed E-state index contributed by atoms with van der Waals surface area (Å²) in [6.07, 6.45) is 3.54. The average Bonchev–Trinajstić information content (AvgIpc) is 2.19. The van der Waals surface area contributed by atoms with Crippen molar-refractivity contribution in [1.82, 2.24) is 4.98 Å². The molecule has 1 heterocycles. The van der Waals surface area contributed by atoms with E-state index in [1.807, 2.05) is 20.0 Å². The first-order chi connectivity index (χ1) is 6.63. The first-order valence-corrected chi connectivity index (χ1v) is 5.25.